The monoisotopic (exact) mass is 251 g/mol. The number of likely N-dealkylation sites (tertiary alicyclic amines) is 2. The van der Waals surface area contributed by atoms with Crippen LogP contribution in [0.1, 0.15) is 33.1 Å². The van der Waals surface area contributed by atoms with Crippen molar-refractivity contribution < 1.29 is 0 Å². The predicted octanol–water partition coefficient (Wildman–Crippen LogP) is 1.90. The summed E-state index contributed by atoms with van der Waals surface area (Å²) in [4.78, 5) is 5.07. The van der Waals surface area contributed by atoms with E-state index >= 15 is 0 Å². The van der Waals surface area contributed by atoms with Crippen LogP contribution in [0.15, 0.2) is 12.3 Å². The fourth-order valence-electron chi connectivity index (χ4n) is 3.35. The molecule has 2 saturated heterocycles. The normalized spacial score (nSPS) is 23.4. The molecule has 0 aromatic carbocycles. The van der Waals surface area contributed by atoms with Gasteiger partial charge in [0.1, 0.15) is 0 Å². The van der Waals surface area contributed by atoms with Gasteiger partial charge in [0.15, 0.2) is 0 Å². The maximum Gasteiger partial charge on any atom is 0.0249 e. The van der Waals surface area contributed by atoms with Gasteiger partial charge >= 0.3 is 0 Å². The minimum Gasteiger partial charge on any atom is -0.374 e. The average molecular weight is 251 g/mol. The number of hydrogen-bond acceptors (Lipinski definition) is 3. The molecule has 0 unspecified atom stereocenters. The van der Waals surface area contributed by atoms with Crippen molar-refractivity contribution in [2.24, 2.45) is 17.1 Å². The highest BCUT2D eigenvalue weighted by molar-refractivity contribution is 5.08. The summed E-state index contributed by atoms with van der Waals surface area (Å²) in [6, 6.07) is 0. The van der Waals surface area contributed by atoms with Gasteiger partial charge in [-0.3, -0.25) is 0 Å². The van der Waals surface area contributed by atoms with Gasteiger partial charge in [-0.25, -0.2) is 0 Å². The Hall–Kier alpha value is -0.540. The van der Waals surface area contributed by atoms with Crippen molar-refractivity contribution in [2.45, 2.75) is 33.1 Å². The van der Waals surface area contributed by atoms with Gasteiger partial charge in [0.05, 0.1) is 0 Å². The van der Waals surface area contributed by atoms with Crippen molar-refractivity contribution in [3.8, 4) is 0 Å². The molecular formula is C15H29N3. The number of nitrogens with two attached hydrogens (primary N) is 1. The third-order valence-electron chi connectivity index (χ3n) is 4.47. The van der Waals surface area contributed by atoms with Crippen LogP contribution in [0.2, 0.25) is 0 Å². The zero-order valence-electron chi connectivity index (χ0n) is 12.1. The Kier molecular flexibility index (Phi) is 4.33. The van der Waals surface area contributed by atoms with Gasteiger partial charge in [0, 0.05) is 30.7 Å². The van der Waals surface area contributed by atoms with Gasteiger partial charge in [0.2, 0.25) is 0 Å². The van der Waals surface area contributed by atoms with Crippen molar-refractivity contribution in [2.75, 3.05) is 39.3 Å². The second-order valence-corrected chi connectivity index (χ2v) is 6.66. The molecule has 2 N–H and O–H groups in total. The van der Waals surface area contributed by atoms with Gasteiger partial charge < -0.3 is 15.5 Å². The number of rotatable bonds is 5. The molecule has 0 aliphatic carbocycles. The predicted molar refractivity (Wildman–Crippen MR) is 77.3 cm³/mol. The standard InChI is InChI=1S/C15H29N3/c1-13(2)10-17-8-5-15(6-9-17)11-18(12-15)14(3)4-7-16/h13H,3-12,16H2,1-2H3. The maximum atomic E-state index is 5.59. The smallest absolute Gasteiger partial charge is 0.0249 e. The molecule has 0 bridgehead atoms. The highest BCUT2D eigenvalue weighted by Crippen LogP contribution is 2.42. The van der Waals surface area contributed by atoms with Crippen molar-refractivity contribution >= 4 is 0 Å². The van der Waals surface area contributed by atoms with Crippen LogP contribution in [0.25, 0.3) is 0 Å². The van der Waals surface area contributed by atoms with E-state index in [2.05, 4.69) is 30.2 Å². The molecule has 2 aliphatic rings. The molecule has 1 spiro atoms. The van der Waals surface area contributed by atoms with Gasteiger partial charge in [-0.2, -0.15) is 0 Å². The van der Waals surface area contributed by atoms with Crippen LogP contribution in [-0.2, 0) is 0 Å². The molecule has 3 heteroatoms. The van der Waals surface area contributed by atoms with E-state index in [1.54, 1.807) is 0 Å². The van der Waals surface area contributed by atoms with E-state index in [9.17, 15) is 0 Å². The second kappa shape index (κ2) is 5.62. The van der Waals surface area contributed by atoms with E-state index in [-0.39, 0.29) is 0 Å². The molecular weight excluding hydrogens is 222 g/mol. The Morgan fingerprint density at radius 1 is 1.28 bits per heavy atom. The van der Waals surface area contributed by atoms with Gasteiger partial charge in [-0.05, 0) is 44.8 Å². The minimum atomic E-state index is 0.602. The third kappa shape index (κ3) is 3.07. The Balaban J connectivity index is 1.73. The van der Waals surface area contributed by atoms with Crippen LogP contribution >= 0.6 is 0 Å². The van der Waals surface area contributed by atoms with E-state index in [0.29, 0.717) is 5.41 Å². The summed E-state index contributed by atoms with van der Waals surface area (Å²) < 4.78 is 0. The average Bonchev–Trinajstić information content (AvgIpc) is 2.27. The fourth-order valence-corrected chi connectivity index (χ4v) is 3.35. The van der Waals surface area contributed by atoms with Crippen LogP contribution in [0.3, 0.4) is 0 Å². The lowest BCUT2D eigenvalue weighted by Crippen LogP contribution is -2.59. The van der Waals surface area contributed by atoms with Crippen LogP contribution in [-0.4, -0.2) is 49.1 Å². The molecule has 2 aliphatic heterocycles. The van der Waals surface area contributed by atoms with Gasteiger partial charge in [-0.15, -0.1) is 0 Å². The Morgan fingerprint density at radius 2 is 1.89 bits per heavy atom. The van der Waals surface area contributed by atoms with Crippen molar-refractivity contribution in [1.82, 2.24) is 9.80 Å². The zero-order chi connectivity index (χ0) is 13.2. The molecule has 0 atom stereocenters. The molecule has 0 aromatic heterocycles. The largest absolute Gasteiger partial charge is 0.374 e. The first kappa shape index (κ1) is 13.9. The molecule has 0 amide bonds. The summed E-state index contributed by atoms with van der Waals surface area (Å²) in [6.07, 6.45) is 3.69. The molecule has 2 heterocycles. The summed E-state index contributed by atoms with van der Waals surface area (Å²) in [5, 5.41) is 0. The second-order valence-electron chi connectivity index (χ2n) is 6.66. The Bertz CT molecular complexity index is 282. The van der Waals surface area contributed by atoms with E-state index in [1.165, 1.54) is 51.3 Å². The van der Waals surface area contributed by atoms with Crippen LogP contribution < -0.4 is 5.73 Å². The lowest BCUT2D eigenvalue weighted by Gasteiger charge is -2.55. The summed E-state index contributed by atoms with van der Waals surface area (Å²) in [7, 11) is 0. The first-order valence-corrected chi connectivity index (χ1v) is 7.40. The van der Waals surface area contributed by atoms with Crippen LogP contribution in [0.4, 0.5) is 0 Å². The van der Waals surface area contributed by atoms with Gasteiger partial charge in [0.25, 0.3) is 0 Å². The SMILES string of the molecule is C=C(CCN)N1CC2(CCN(CC(C)C)CC2)C1. The lowest BCUT2D eigenvalue weighted by molar-refractivity contribution is -0.0297. The molecule has 2 rings (SSSR count). The summed E-state index contributed by atoms with van der Waals surface area (Å²) >= 11 is 0. The molecule has 104 valence electrons. The van der Waals surface area contributed by atoms with E-state index in [0.717, 1.165) is 18.9 Å². The minimum absolute atomic E-state index is 0.602. The molecule has 0 aromatic rings. The molecule has 3 nitrogen and oxygen atoms in total. The number of nitrogens with zero attached hydrogens (tertiary/aromatic N) is 2. The zero-order valence-corrected chi connectivity index (χ0v) is 12.1. The van der Waals surface area contributed by atoms with E-state index in [1.807, 2.05) is 0 Å². The molecule has 0 saturated carbocycles. The van der Waals surface area contributed by atoms with Crippen molar-refractivity contribution in [1.29, 1.82) is 0 Å². The van der Waals surface area contributed by atoms with Crippen molar-refractivity contribution in [3.05, 3.63) is 12.3 Å². The Morgan fingerprint density at radius 3 is 2.39 bits per heavy atom. The van der Waals surface area contributed by atoms with Crippen LogP contribution in [0, 0.1) is 11.3 Å². The van der Waals surface area contributed by atoms with E-state index in [4.69, 9.17) is 5.73 Å². The quantitative estimate of drug-likeness (QED) is 0.810. The summed E-state index contributed by atoms with van der Waals surface area (Å²) in [5.74, 6) is 0.793. The highest BCUT2D eigenvalue weighted by atomic mass is 15.2. The summed E-state index contributed by atoms with van der Waals surface area (Å²) in [6.45, 7) is 15.8. The first-order valence-electron chi connectivity index (χ1n) is 7.40. The molecule has 0 radical (unpaired) electrons. The molecule has 2 fully saturated rings. The highest BCUT2D eigenvalue weighted by Gasteiger charge is 2.44. The first-order chi connectivity index (χ1) is 8.54. The van der Waals surface area contributed by atoms with Crippen molar-refractivity contribution in [3.63, 3.8) is 0 Å². The van der Waals surface area contributed by atoms with Crippen LogP contribution in [0.5, 0.6) is 0 Å². The maximum absolute atomic E-state index is 5.59. The number of hydrogen-bond donors (Lipinski definition) is 1. The fraction of sp³-hybridized carbons (Fsp3) is 0.867. The van der Waals surface area contributed by atoms with E-state index < -0.39 is 0 Å². The third-order valence-corrected chi connectivity index (χ3v) is 4.47. The lowest BCUT2D eigenvalue weighted by atomic mass is 9.71. The number of piperidine rings is 1. The molecule has 18 heavy (non-hydrogen) atoms. The van der Waals surface area contributed by atoms with Gasteiger partial charge in [-0.1, -0.05) is 20.4 Å². The summed E-state index contributed by atoms with van der Waals surface area (Å²) in [5.41, 5.74) is 7.43. The Labute approximate surface area is 112 Å². The topological polar surface area (TPSA) is 32.5 Å².